The molecule has 0 aromatic heterocycles. The molecule has 2 aromatic carbocycles. The van der Waals surface area contributed by atoms with Crippen LogP contribution in [0.3, 0.4) is 0 Å². The van der Waals surface area contributed by atoms with Gasteiger partial charge in [0, 0.05) is 6.54 Å². The summed E-state index contributed by atoms with van der Waals surface area (Å²) >= 11 is 0. The van der Waals surface area contributed by atoms with Gasteiger partial charge in [-0.1, -0.05) is 18.2 Å². The van der Waals surface area contributed by atoms with Gasteiger partial charge in [-0.15, -0.1) is 0 Å². The molecule has 0 spiro atoms. The fraction of sp³-hybridized carbons (Fsp3) is 0.500. The van der Waals surface area contributed by atoms with E-state index < -0.39 is 0 Å². The highest BCUT2D eigenvalue weighted by Crippen LogP contribution is 2.65. The molecule has 4 fully saturated rings. The molecular formula is C26H29NO4. The van der Waals surface area contributed by atoms with Crippen LogP contribution in [-0.2, 0) is 16.8 Å². The summed E-state index contributed by atoms with van der Waals surface area (Å²) in [6.07, 6.45) is 6.75. The molecule has 0 unspecified atom stereocenters. The van der Waals surface area contributed by atoms with Crippen molar-refractivity contribution in [1.82, 2.24) is 5.32 Å². The van der Waals surface area contributed by atoms with Gasteiger partial charge in [-0.25, -0.2) is 0 Å². The van der Waals surface area contributed by atoms with Crippen molar-refractivity contribution in [2.24, 2.45) is 17.3 Å². The van der Waals surface area contributed by atoms with Crippen molar-refractivity contribution >= 4 is 5.91 Å². The Hall–Kier alpha value is -2.69. The lowest BCUT2D eigenvalue weighted by Crippen LogP contribution is -2.59. The zero-order valence-corrected chi connectivity index (χ0v) is 18.0. The van der Waals surface area contributed by atoms with Crippen molar-refractivity contribution in [3.63, 3.8) is 0 Å². The lowest BCUT2D eigenvalue weighted by Gasteiger charge is -2.61. The molecule has 1 N–H and O–H groups in total. The van der Waals surface area contributed by atoms with Crippen LogP contribution >= 0.6 is 0 Å². The van der Waals surface area contributed by atoms with E-state index in [2.05, 4.69) is 29.6 Å². The molecule has 5 aliphatic rings. The third-order valence-electron chi connectivity index (χ3n) is 8.14. The summed E-state index contributed by atoms with van der Waals surface area (Å²) in [5.41, 5.74) is 2.33. The first-order chi connectivity index (χ1) is 15.1. The number of benzene rings is 2. The molecule has 7 rings (SSSR count). The Bertz CT molecular complexity index is 1000. The van der Waals surface area contributed by atoms with Crippen LogP contribution < -0.4 is 19.5 Å². The van der Waals surface area contributed by atoms with Crippen molar-refractivity contribution < 1.29 is 19.0 Å². The number of fused-ring (bicyclic) bond motifs is 1. The third kappa shape index (κ3) is 3.08. The standard InChI is InChI=1S/C26H29NO4/c1-29-21-5-3-20(4-6-21)25-10-18-8-19(11-25)13-26(12-18,15-25)24(28)27-14-17-2-7-22-23(9-17)31-16-30-22/h2-7,9,18-19H,8,10-16H2,1H3,(H,27,28)/t18-,19-,25?,26?/m1/s1. The number of carbonyl (C=O) groups is 1. The van der Waals surface area contributed by atoms with Crippen molar-refractivity contribution in [2.45, 2.75) is 50.5 Å². The maximum absolute atomic E-state index is 13.6. The smallest absolute Gasteiger partial charge is 0.231 e. The van der Waals surface area contributed by atoms with Gasteiger partial charge in [-0.3, -0.25) is 4.79 Å². The van der Waals surface area contributed by atoms with Gasteiger partial charge in [0.25, 0.3) is 0 Å². The summed E-state index contributed by atoms with van der Waals surface area (Å²) < 4.78 is 16.2. The van der Waals surface area contributed by atoms with E-state index >= 15 is 0 Å². The molecule has 0 radical (unpaired) electrons. The van der Waals surface area contributed by atoms with E-state index in [0.717, 1.165) is 42.1 Å². The molecular weight excluding hydrogens is 390 g/mol. The second-order valence-electron chi connectivity index (χ2n) is 10.1. The Kier molecular flexibility index (Phi) is 4.24. The van der Waals surface area contributed by atoms with Gasteiger partial charge in [0.15, 0.2) is 11.5 Å². The van der Waals surface area contributed by atoms with Crippen LogP contribution in [0.2, 0.25) is 0 Å². The molecule has 4 bridgehead atoms. The van der Waals surface area contributed by atoms with Crippen LogP contribution in [0.15, 0.2) is 42.5 Å². The predicted molar refractivity (Wildman–Crippen MR) is 116 cm³/mol. The van der Waals surface area contributed by atoms with Crippen LogP contribution in [0, 0.1) is 17.3 Å². The number of amides is 1. The minimum atomic E-state index is -0.236. The molecule has 31 heavy (non-hydrogen) atoms. The van der Waals surface area contributed by atoms with E-state index in [0.29, 0.717) is 18.4 Å². The van der Waals surface area contributed by atoms with E-state index in [4.69, 9.17) is 14.2 Å². The lowest BCUT2D eigenvalue weighted by molar-refractivity contribution is -0.149. The second-order valence-corrected chi connectivity index (χ2v) is 10.1. The van der Waals surface area contributed by atoms with Crippen LogP contribution in [0.25, 0.3) is 0 Å². The normalized spacial score (nSPS) is 32.2. The average molecular weight is 420 g/mol. The zero-order valence-electron chi connectivity index (χ0n) is 18.0. The quantitative estimate of drug-likeness (QED) is 0.771. The van der Waals surface area contributed by atoms with Crippen molar-refractivity contribution in [3.8, 4) is 17.2 Å². The Balaban J connectivity index is 1.23. The Morgan fingerprint density at radius 1 is 1.03 bits per heavy atom. The molecule has 5 nitrogen and oxygen atoms in total. The number of rotatable bonds is 5. The topological polar surface area (TPSA) is 56.8 Å². The van der Waals surface area contributed by atoms with Crippen LogP contribution in [0.4, 0.5) is 0 Å². The van der Waals surface area contributed by atoms with Gasteiger partial charge in [0.2, 0.25) is 12.7 Å². The van der Waals surface area contributed by atoms with Crippen LogP contribution in [0.1, 0.15) is 49.7 Å². The van der Waals surface area contributed by atoms with E-state index in [9.17, 15) is 4.79 Å². The molecule has 1 amide bonds. The van der Waals surface area contributed by atoms with Gasteiger partial charge < -0.3 is 19.5 Å². The maximum Gasteiger partial charge on any atom is 0.231 e. The molecule has 4 saturated carbocycles. The fourth-order valence-corrected chi connectivity index (χ4v) is 7.23. The third-order valence-corrected chi connectivity index (χ3v) is 8.14. The first-order valence-corrected chi connectivity index (χ1v) is 11.4. The summed E-state index contributed by atoms with van der Waals surface area (Å²) in [7, 11) is 1.71. The number of hydrogen-bond acceptors (Lipinski definition) is 4. The van der Waals surface area contributed by atoms with Crippen LogP contribution in [0.5, 0.6) is 17.2 Å². The summed E-state index contributed by atoms with van der Waals surface area (Å²) in [4.78, 5) is 13.6. The number of ether oxygens (including phenoxy) is 3. The lowest BCUT2D eigenvalue weighted by atomic mass is 9.42. The van der Waals surface area contributed by atoms with E-state index in [1.165, 1.54) is 24.8 Å². The highest BCUT2D eigenvalue weighted by atomic mass is 16.7. The van der Waals surface area contributed by atoms with Gasteiger partial charge in [0.1, 0.15) is 5.75 Å². The SMILES string of the molecule is COc1ccc(C23C[C@H]4C[C@@H](CC(C(=O)NCc5ccc6c(c5)OCO6)(C4)C2)C3)cc1. The van der Waals surface area contributed by atoms with E-state index in [1.807, 2.05) is 18.2 Å². The van der Waals surface area contributed by atoms with E-state index in [-0.39, 0.29) is 23.5 Å². The second kappa shape index (κ2) is 6.91. The van der Waals surface area contributed by atoms with Crippen molar-refractivity contribution in [2.75, 3.05) is 13.9 Å². The largest absolute Gasteiger partial charge is 0.497 e. The molecule has 2 atom stereocenters. The van der Waals surface area contributed by atoms with Gasteiger partial charge in [-0.2, -0.15) is 0 Å². The minimum absolute atomic E-state index is 0.131. The average Bonchev–Trinajstić information content (AvgIpc) is 3.24. The molecule has 0 saturated heterocycles. The summed E-state index contributed by atoms with van der Waals surface area (Å²) in [6.45, 7) is 0.798. The summed E-state index contributed by atoms with van der Waals surface area (Å²) in [6, 6.07) is 14.5. The molecule has 1 heterocycles. The van der Waals surface area contributed by atoms with Gasteiger partial charge >= 0.3 is 0 Å². The molecule has 5 heteroatoms. The summed E-state index contributed by atoms with van der Waals surface area (Å²) in [5, 5.41) is 3.28. The highest BCUT2D eigenvalue weighted by Gasteiger charge is 2.60. The van der Waals surface area contributed by atoms with Gasteiger partial charge in [0.05, 0.1) is 12.5 Å². The number of hydrogen-bond donors (Lipinski definition) is 1. The Morgan fingerprint density at radius 2 is 1.77 bits per heavy atom. The van der Waals surface area contributed by atoms with Crippen LogP contribution in [-0.4, -0.2) is 19.8 Å². The Labute approximate surface area is 183 Å². The predicted octanol–water partition coefficient (Wildman–Crippen LogP) is 4.58. The molecule has 4 aliphatic carbocycles. The number of methoxy groups -OCH3 is 1. The van der Waals surface area contributed by atoms with Crippen molar-refractivity contribution in [3.05, 3.63) is 53.6 Å². The summed E-state index contributed by atoms with van der Waals surface area (Å²) in [5.74, 6) is 3.97. The monoisotopic (exact) mass is 419 g/mol. The number of carbonyl (C=O) groups excluding carboxylic acids is 1. The Morgan fingerprint density at radius 3 is 2.52 bits per heavy atom. The van der Waals surface area contributed by atoms with E-state index in [1.54, 1.807) is 7.11 Å². The first-order valence-electron chi connectivity index (χ1n) is 11.4. The molecule has 2 aromatic rings. The molecule has 1 aliphatic heterocycles. The number of nitrogens with one attached hydrogen (secondary N) is 1. The highest BCUT2D eigenvalue weighted by molar-refractivity contribution is 5.83. The minimum Gasteiger partial charge on any atom is -0.497 e. The zero-order chi connectivity index (χ0) is 21.1. The maximum atomic E-state index is 13.6. The van der Waals surface area contributed by atoms with Gasteiger partial charge in [-0.05, 0) is 91.2 Å². The molecule has 162 valence electrons. The first kappa shape index (κ1) is 19.0. The fourth-order valence-electron chi connectivity index (χ4n) is 7.23. The van der Waals surface area contributed by atoms with Crippen molar-refractivity contribution in [1.29, 1.82) is 0 Å².